The predicted molar refractivity (Wildman–Crippen MR) is 94.6 cm³/mol. The van der Waals surface area contributed by atoms with Crippen LogP contribution in [0.5, 0.6) is 0 Å². The summed E-state index contributed by atoms with van der Waals surface area (Å²) in [5.41, 5.74) is -0.242. The number of hydrogen-bond donors (Lipinski definition) is 2. The van der Waals surface area contributed by atoms with Gasteiger partial charge in [0.15, 0.2) is 0 Å². The molecule has 1 fully saturated rings. The lowest BCUT2D eigenvalue weighted by molar-refractivity contribution is 0.0948. The monoisotopic (exact) mass is 357 g/mol. The van der Waals surface area contributed by atoms with Crippen LogP contribution in [0, 0.1) is 11.7 Å². The third kappa shape index (κ3) is 3.66. The second kappa shape index (κ2) is 7.11. The molecule has 6 nitrogen and oxygen atoms in total. The maximum atomic E-state index is 13.9. The van der Waals surface area contributed by atoms with Crippen LogP contribution < -0.4 is 16.2 Å². The first-order valence-electron chi connectivity index (χ1n) is 8.41. The molecule has 7 heteroatoms. The van der Waals surface area contributed by atoms with E-state index in [-0.39, 0.29) is 29.6 Å². The van der Waals surface area contributed by atoms with Crippen LogP contribution >= 0.6 is 0 Å². The van der Waals surface area contributed by atoms with E-state index in [0.29, 0.717) is 11.5 Å². The molecule has 3 rings (SSSR count). The molecule has 1 aliphatic carbocycles. The molecule has 2 atom stereocenters. The highest BCUT2D eigenvalue weighted by Gasteiger charge is 2.34. The van der Waals surface area contributed by atoms with E-state index in [2.05, 4.69) is 10.6 Å². The van der Waals surface area contributed by atoms with Crippen LogP contribution in [-0.2, 0) is 6.54 Å². The van der Waals surface area contributed by atoms with E-state index in [1.165, 1.54) is 29.9 Å². The fourth-order valence-corrected chi connectivity index (χ4v) is 2.76. The van der Waals surface area contributed by atoms with Gasteiger partial charge in [0, 0.05) is 24.8 Å². The molecule has 26 heavy (non-hydrogen) atoms. The number of pyridine rings is 1. The van der Waals surface area contributed by atoms with E-state index in [4.69, 9.17) is 0 Å². The van der Waals surface area contributed by atoms with Crippen molar-refractivity contribution in [3.05, 3.63) is 69.4 Å². The van der Waals surface area contributed by atoms with Gasteiger partial charge < -0.3 is 15.2 Å². The second-order valence-electron chi connectivity index (χ2n) is 6.54. The van der Waals surface area contributed by atoms with Crippen LogP contribution in [-0.4, -0.2) is 29.5 Å². The van der Waals surface area contributed by atoms with Gasteiger partial charge in [-0.05, 0) is 24.5 Å². The summed E-state index contributed by atoms with van der Waals surface area (Å²) < 4.78 is 15.1. The van der Waals surface area contributed by atoms with Crippen molar-refractivity contribution >= 4 is 11.8 Å². The van der Waals surface area contributed by atoms with E-state index >= 15 is 0 Å². The summed E-state index contributed by atoms with van der Waals surface area (Å²) in [6.45, 7) is 1.95. The smallest absolute Gasteiger partial charge is 0.263 e. The molecule has 0 spiro atoms. The molecule has 0 aliphatic heterocycles. The van der Waals surface area contributed by atoms with Gasteiger partial charge in [-0.3, -0.25) is 14.4 Å². The number of rotatable bonds is 5. The van der Waals surface area contributed by atoms with Gasteiger partial charge in [0.25, 0.3) is 17.4 Å². The zero-order chi connectivity index (χ0) is 18.8. The Morgan fingerprint density at radius 2 is 1.96 bits per heavy atom. The van der Waals surface area contributed by atoms with E-state index in [1.54, 1.807) is 18.2 Å². The Balaban J connectivity index is 2.00. The highest BCUT2D eigenvalue weighted by molar-refractivity contribution is 5.99. The molecule has 2 unspecified atom stereocenters. The molecule has 2 N–H and O–H groups in total. The molecule has 1 aliphatic rings. The average Bonchev–Trinajstić information content (AvgIpc) is 3.32. The Hall–Kier alpha value is -2.96. The molecule has 2 amide bonds. The Morgan fingerprint density at radius 1 is 1.27 bits per heavy atom. The zero-order valence-corrected chi connectivity index (χ0v) is 14.6. The molecule has 2 aromatic rings. The lowest BCUT2D eigenvalue weighted by Gasteiger charge is -2.12. The minimum absolute atomic E-state index is 0.0730. The van der Waals surface area contributed by atoms with Crippen molar-refractivity contribution < 1.29 is 14.0 Å². The van der Waals surface area contributed by atoms with Crippen LogP contribution in [0.3, 0.4) is 0 Å². The van der Waals surface area contributed by atoms with Crippen LogP contribution in [0.2, 0.25) is 0 Å². The highest BCUT2D eigenvalue weighted by atomic mass is 19.1. The standard InChI is InChI=1S/C19H20FN3O3/c1-11-7-16(11)22-17(24)13-8-14(18(25)21-2)19(26)23(10-13)9-12-5-3-4-6-15(12)20/h3-6,8,10-11,16H,7,9H2,1-2H3,(H,21,25)(H,22,24). The van der Waals surface area contributed by atoms with Gasteiger partial charge in [-0.25, -0.2) is 4.39 Å². The van der Waals surface area contributed by atoms with Crippen molar-refractivity contribution in [2.45, 2.75) is 25.9 Å². The van der Waals surface area contributed by atoms with Crippen molar-refractivity contribution in [2.24, 2.45) is 5.92 Å². The maximum absolute atomic E-state index is 13.9. The summed E-state index contributed by atoms with van der Waals surface area (Å²) in [5.74, 6) is -0.984. The van der Waals surface area contributed by atoms with Crippen LogP contribution in [0.15, 0.2) is 41.3 Å². The summed E-state index contributed by atoms with van der Waals surface area (Å²) in [5, 5.41) is 5.26. The lowest BCUT2D eigenvalue weighted by atomic mass is 10.1. The number of aromatic nitrogens is 1. The Bertz CT molecular complexity index is 922. The highest BCUT2D eigenvalue weighted by Crippen LogP contribution is 2.29. The topological polar surface area (TPSA) is 80.2 Å². The molecule has 1 aromatic carbocycles. The first kappa shape index (κ1) is 17.8. The summed E-state index contributed by atoms with van der Waals surface area (Å²) in [4.78, 5) is 37.1. The third-order valence-corrected chi connectivity index (χ3v) is 4.54. The molecule has 0 bridgehead atoms. The molecular formula is C19H20FN3O3. The van der Waals surface area contributed by atoms with Crippen molar-refractivity contribution in [1.29, 1.82) is 0 Å². The van der Waals surface area contributed by atoms with Gasteiger partial charge in [0.2, 0.25) is 0 Å². The minimum atomic E-state index is -0.591. The molecule has 0 radical (unpaired) electrons. The molecular weight excluding hydrogens is 337 g/mol. The van der Waals surface area contributed by atoms with E-state index in [9.17, 15) is 18.8 Å². The quantitative estimate of drug-likeness (QED) is 0.852. The SMILES string of the molecule is CNC(=O)c1cc(C(=O)NC2CC2C)cn(Cc2ccccc2F)c1=O. The van der Waals surface area contributed by atoms with Gasteiger partial charge in [-0.15, -0.1) is 0 Å². The molecule has 1 aromatic heterocycles. The number of carbonyl (C=O) groups is 2. The van der Waals surface area contributed by atoms with Gasteiger partial charge in [0.05, 0.1) is 12.1 Å². The number of carbonyl (C=O) groups excluding carboxylic acids is 2. The molecule has 1 heterocycles. The summed E-state index contributed by atoms with van der Waals surface area (Å²) in [7, 11) is 1.40. The minimum Gasteiger partial charge on any atom is -0.355 e. The average molecular weight is 357 g/mol. The van der Waals surface area contributed by atoms with Crippen molar-refractivity contribution in [2.75, 3.05) is 7.05 Å². The van der Waals surface area contributed by atoms with Gasteiger partial charge in [-0.2, -0.15) is 0 Å². The Labute approximate surface area is 150 Å². The molecule has 1 saturated carbocycles. The number of amides is 2. The number of nitrogens with one attached hydrogen (secondary N) is 2. The summed E-state index contributed by atoms with van der Waals surface area (Å²) >= 11 is 0. The maximum Gasteiger partial charge on any atom is 0.263 e. The Kier molecular flexibility index (Phi) is 4.88. The predicted octanol–water partition coefficient (Wildman–Crippen LogP) is 1.53. The number of hydrogen-bond acceptors (Lipinski definition) is 3. The lowest BCUT2D eigenvalue weighted by Crippen LogP contribution is -2.34. The number of nitrogens with zero attached hydrogens (tertiary/aromatic N) is 1. The second-order valence-corrected chi connectivity index (χ2v) is 6.54. The van der Waals surface area contributed by atoms with Gasteiger partial charge in [0.1, 0.15) is 11.4 Å². The van der Waals surface area contributed by atoms with Crippen LogP contribution in [0.1, 0.15) is 39.6 Å². The van der Waals surface area contributed by atoms with E-state index in [1.807, 2.05) is 6.92 Å². The van der Waals surface area contributed by atoms with Gasteiger partial charge >= 0.3 is 0 Å². The third-order valence-electron chi connectivity index (χ3n) is 4.54. The van der Waals surface area contributed by atoms with E-state index in [0.717, 1.165) is 6.42 Å². The first-order chi connectivity index (χ1) is 12.4. The fraction of sp³-hybridized carbons (Fsp3) is 0.316. The summed E-state index contributed by atoms with van der Waals surface area (Å²) in [6.07, 6.45) is 2.27. The van der Waals surface area contributed by atoms with Crippen molar-refractivity contribution in [3.8, 4) is 0 Å². The van der Waals surface area contributed by atoms with Crippen molar-refractivity contribution in [1.82, 2.24) is 15.2 Å². The molecule has 0 saturated heterocycles. The van der Waals surface area contributed by atoms with Crippen LogP contribution in [0.4, 0.5) is 4.39 Å². The van der Waals surface area contributed by atoms with Crippen molar-refractivity contribution in [3.63, 3.8) is 0 Å². The Morgan fingerprint density at radius 3 is 2.58 bits per heavy atom. The largest absolute Gasteiger partial charge is 0.355 e. The summed E-state index contributed by atoms with van der Waals surface area (Å²) in [6, 6.07) is 7.46. The molecule has 136 valence electrons. The van der Waals surface area contributed by atoms with E-state index < -0.39 is 17.3 Å². The normalized spacial score (nSPS) is 18.3. The van der Waals surface area contributed by atoms with Crippen LogP contribution in [0.25, 0.3) is 0 Å². The zero-order valence-electron chi connectivity index (χ0n) is 14.6. The van der Waals surface area contributed by atoms with Gasteiger partial charge in [-0.1, -0.05) is 25.1 Å². The first-order valence-corrected chi connectivity index (χ1v) is 8.41. The number of benzene rings is 1. The number of halogens is 1. The fourth-order valence-electron chi connectivity index (χ4n) is 2.76.